The summed E-state index contributed by atoms with van der Waals surface area (Å²) in [5, 5.41) is 3.85. The molecule has 0 unspecified atom stereocenters. The summed E-state index contributed by atoms with van der Waals surface area (Å²) < 4.78 is 5.58. The third-order valence-corrected chi connectivity index (χ3v) is 4.08. The fourth-order valence-corrected chi connectivity index (χ4v) is 2.61. The van der Waals surface area contributed by atoms with Crippen LogP contribution in [0.15, 0.2) is 27.8 Å². The van der Waals surface area contributed by atoms with Crippen molar-refractivity contribution < 1.29 is 9.21 Å². The third-order valence-electron chi connectivity index (χ3n) is 2.90. The van der Waals surface area contributed by atoms with E-state index in [0.717, 1.165) is 18.4 Å². The molecular formula is C13H13ClN2O2S. The summed E-state index contributed by atoms with van der Waals surface area (Å²) >= 11 is 7.21. The Morgan fingerprint density at radius 3 is 3.11 bits per heavy atom. The molecule has 1 N–H and O–H groups in total. The second-order valence-corrected chi connectivity index (χ2v) is 6.36. The Kier molecular flexibility index (Phi) is 3.41. The SMILES string of the molecule is C[C@H](Sc1nc2ccc(Cl)cc2o1)C(=O)NC1CC1. The molecule has 1 aliphatic rings. The lowest BCUT2D eigenvalue weighted by atomic mass is 10.3. The molecule has 3 rings (SSSR count). The van der Waals surface area contributed by atoms with Gasteiger partial charge in [0.2, 0.25) is 5.91 Å². The monoisotopic (exact) mass is 296 g/mol. The van der Waals surface area contributed by atoms with Gasteiger partial charge >= 0.3 is 0 Å². The number of benzene rings is 1. The summed E-state index contributed by atoms with van der Waals surface area (Å²) in [7, 11) is 0. The number of amides is 1. The normalized spacial score (nSPS) is 16.5. The highest BCUT2D eigenvalue weighted by Crippen LogP contribution is 2.29. The third kappa shape index (κ3) is 3.04. The van der Waals surface area contributed by atoms with E-state index in [-0.39, 0.29) is 11.2 Å². The van der Waals surface area contributed by atoms with Crippen LogP contribution in [0, 0.1) is 0 Å². The quantitative estimate of drug-likeness (QED) is 0.880. The minimum atomic E-state index is -0.218. The van der Waals surface area contributed by atoms with E-state index in [1.165, 1.54) is 11.8 Å². The van der Waals surface area contributed by atoms with Crippen molar-refractivity contribution in [3.8, 4) is 0 Å². The van der Waals surface area contributed by atoms with Gasteiger partial charge in [-0.1, -0.05) is 23.4 Å². The Morgan fingerprint density at radius 2 is 2.37 bits per heavy atom. The van der Waals surface area contributed by atoms with Crippen LogP contribution in [0.25, 0.3) is 11.1 Å². The predicted molar refractivity (Wildman–Crippen MR) is 75.5 cm³/mol. The first-order valence-corrected chi connectivity index (χ1v) is 7.41. The van der Waals surface area contributed by atoms with Gasteiger partial charge in [-0.3, -0.25) is 4.79 Å². The van der Waals surface area contributed by atoms with Crippen LogP contribution in [0.1, 0.15) is 19.8 Å². The van der Waals surface area contributed by atoms with Crippen molar-refractivity contribution in [3.63, 3.8) is 0 Å². The first-order chi connectivity index (χ1) is 9.11. The van der Waals surface area contributed by atoms with Crippen LogP contribution < -0.4 is 5.32 Å². The Labute approximate surface area is 119 Å². The number of carbonyl (C=O) groups is 1. The van der Waals surface area contributed by atoms with Gasteiger partial charge < -0.3 is 9.73 Å². The van der Waals surface area contributed by atoms with E-state index in [1.807, 2.05) is 6.92 Å². The van der Waals surface area contributed by atoms with Gasteiger partial charge in [-0.05, 0) is 31.9 Å². The van der Waals surface area contributed by atoms with Gasteiger partial charge in [-0.25, -0.2) is 4.98 Å². The molecule has 0 saturated heterocycles. The maximum atomic E-state index is 11.8. The predicted octanol–water partition coefficient (Wildman–Crippen LogP) is 3.24. The number of hydrogen-bond donors (Lipinski definition) is 1. The number of carbonyl (C=O) groups excluding carboxylic acids is 1. The summed E-state index contributed by atoms with van der Waals surface area (Å²) in [4.78, 5) is 16.2. The van der Waals surface area contributed by atoms with E-state index in [2.05, 4.69) is 10.3 Å². The number of aromatic nitrogens is 1. The average Bonchev–Trinajstić information content (AvgIpc) is 3.08. The molecule has 19 heavy (non-hydrogen) atoms. The van der Waals surface area contributed by atoms with Crippen LogP contribution in [0.3, 0.4) is 0 Å². The first-order valence-electron chi connectivity index (χ1n) is 6.15. The van der Waals surface area contributed by atoms with E-state index >= 15 is 0 Å². The molecule has 1 atom stereocenters. The lowest BCUT2D eigenvalue weighted by Gasteiger charge is -2.08. The Morgan fingerprint density at radius 1 is 1.58 bits per heavy atom. The van der Waals surface area contributed by atoms with Gasteiger partial charge in [0.1, 0.15) is 5.52 Å². The van der Waals surface area contributed by atoms with Gasteiger partial charge in [0.05, 0.1) is 5.25 Å². The molecule has 1 heterocycles. The molecule has 2 aromatic rings. The summed E-state index contributed by atoms with van der Waals surface area (Å²) in [6, 6.07) is 5.67. The van der Waals surface area contributed by atoms with Crippen molar-refractivity contribution in [1.82, 2.24) is 10.3 Å². The highest BCUT2D eigenvalue weighted by Gasteiger charge is 2.26. The summed E-state index contributed by atoms with van der Waals surface area (Å²) in [6.07, 6.45) is 2.18. The van der Waals surface area contributed by atoms with Crippen LogP contribution in [0.4, 0.5) is 0 Å². The Balaban J connectivity index is 1.71. The second kappa shape index (κ2) is 5.06. The highest BCUT2D eigenvalue weighted by atomic mass is 35.5. The number of halogens is 1. The van der Waals surface area contributed by atoms with E-state index in [0.29, 0.717) is 21.9 Å². The minimum absolute atomic E-state index is 0.0350. The van der Waals surface area contributed by atoms with Crippen molar-refractivity contribution in [2.75, 3.05) is 0 Å². The molecule has 0 aliphatic heterocycles. The lowest BCUT2D eigenvalue weighted by Crippen LogP contribution is -2.32. The molecule has 0 bridgehead atoms. The maximum Gasteiger partial charge on any atom is 0.257 e. The molecule has 100 valence electrons. The molecule has 0 radical (unpaired) electrons. The molecule has 6 heteroatoms. The van der Waals surface area contributed by atoms with Gasteiger partial charge in [0.25, 0.3) is 5.22 Å². The number of nitrogens with one attached hydrogen (secondary N) is 1. The van der Waals surface area contributed by atoms with Crippen LogP contribution in [0.5, 0.6) is 0 Å². The van der Waals surface area contributed by atoms with Crippen LogP contribution in [-0.4, -0.2) is 22.2 Å². The average molecular weight is 297 g/mol. The zero-order chi connectivity index (χ0) is 13.4. The van der Waals surface area contributed by atoms with E-state index < -0.39 is 0 Å². The van der Waals surface area contributed by atoms with Crippen LogP contribution in [-0.2, 0) is 4.79 Å². The zero-order valence-electron chi connectivity index (χ0n) is 10.4. The zero-order valence-corrected chi connectivity index (χ0v) is 11.9. The number of nitrogens with zero attached hydrogens (tertiary/aromatic N) is 1. The fraction of sp³-hybridized carbons (Fsp3) is 0.385. The van der Waals surface area contributed by atoms with Gasteiger partial charge in [-0.2, -0.15) is 0 Å². The van der Waals surface area contributed by atoms with Gasteiger partial charge in [-0.15, -0.1) is 0 Å². The van der Waals surface area contributed by atoms with E-state index in [1.54, 1.807) is 18.2 Å². The summed E-state index contributed by atoms with van der Waals surface area (Å²) in [5.74, 6) is 0.0350. The minimum Gasteiger partial charge on any atom is -0.431 e. The molecule has 1 fully saturated rings. The summed E-state index contributed by atoms with van der Waals surface area (Å²) in [6.45, 7) is 1.85. The fourth-order valence-electron chi connectivity index (χ4n) is 1.68. The van der Waals surface area contributed by atoms with Crippen molar-refractivity contribution in [3.05, 3.63) is 23.2 Å². The number of rotatable bonds is 4. The van der Waals surface area contributed by atoms with Crippen molar-refractivity contribution in [1.29, 1.82) is 0 Å². The molecule has 1 aromatic carbocycles. The van der Waals surface area contributed by atoms with Crippen LogP contribution in [0.2, 0.25) is 5.02 Å². The summed E-state index contributed by atoms with van der Waals surface area (Å²) in [5.41, 5.74) is 1.39. The van der Waals surface area contributed by atoms with Gasteiger partial charge in [0, 0.05) is 17.1 Å². The lowest BCUT2D eigenvalue weighted by molar-refractivity contribution is -0.120. The molecule has 1 saturated carbocycles. The van der Waals surface area contributed by atoms with Gasteiger partial charge in [0.15, 0.2) is 5.58 Å². The molecule has 1 aliphatic carbocycles. The number of thioether (sulfide) groups is 1. The van der Waals surface area contributed by atoms with E-state index in [4.69, 9.17) is 16.0 Å². The van der Waals surface area contributed by atoms with Crippen molar-refractivity contribution >= 4 is 40.4 Å². The molecule has 1 aromatic heterocycles. The largest absolute Gasteiger partial charge is 0.431 e. The number of fused-ring (bicyclic) bond motifs is 1. The molecule has 0 spiro atoms. The standard InChI is InChI=1S/C13H13ClN2O2S/c1-7(12(17)15-9-3-4-9)19-13-16-10-5-2-8(14)6-11(10)18-13/h2,5-7,9H,3-4H2,1H3,(H,15,17)/t7-/m0/s1. The first kappa shape index (κ1) is 12.8. The topological polar surface area (TPSA) is 55.1 Å². The van der Waals surface area contributed by atoms with Crippen molar-refractivity contribution in [2.24, 2.45) is 0 Å². The molecule has 4 nitrogen and oxygen atoms in total. The van der Waals surface area contributed by atoms with E-state index in [9.17, 15) is 4.79 Å². The van der Waals surface area contributed by atoms with Crippen LogP contribution >= 0.6 is 23.4 Å². The number of hydrogen-bond acceptors (Lipinski definition) is 4. The Bertz CT molecular complexity index is 624. The van der Waals surface area contributed by atoms with Crippen molar-refractivity contribution in [2.45, 2.75) is 36.3 Å². The molecular weight excluding hydrogens is 284 g/mol. The highest BCUT2D eigenvalue weighted by molar-refractivity contribution is 8.00. The smallest absolute Gasteiger partial charge is 0.257 e. The Hall–Kier alpha value is -1.20. The molecule has 1 amide bonds. The second-order valence-electron chi connectivity index (χ2n) is 4.63. The maximum absolute atomic E-state index is 11.8. The number of oxazole rings is 1.